The number of anilines is 1. The summed E-state index contributed by atoms with van der Waals surface area (Å²) in [5.74, 6) is -1.30. The van der Waals surface area contributed by atoms with Gasteiger partial charge in [0.1, 0.15) is 0 Å². The number of nitrogens with one attached hydrogen (secondary N) is 2. The Labute approximate surface area is 187 Å². The molecular formula is C23H16Cl2N4O2. The smallest absolute Gasteiger partial charge is 0.256 e. The first-order valence-corrected chi connectivity index (χ1v) is 10.00. The number of para-hydroxylation sites is 2. The molecule has 8 heteroatoms. The molecule has 0 saturated heterocycles. The van der Waals surface area contributed by atoms with Crippen LogP contribution in [0.2, 0.25) is 10.0 Å². The van der Waals surface area contributed by atoms with E-state index in [4.69, 9.17) is 28.9 Å². The predicted octanol–water partition coefficient (Wildman–Crippen LogP) is 5.39. The normalized spacial score (nSPS) is 11.2. The van der Waals surface area contributed by atoms with Gasteiger partial charge in [0.25, 0.3) is 5.91 Å². The molecule has 0 fully saturated rings. The molecule has 154 valence electrons. The summed E-state index contributed by atoms with van der Waals surface area (Å²) in [7, 11) is 0. The molecule has 0 aliphatic heterocycles. The van der Waals surface area contributed by atoms with Gasteiger partial charge >= 0.3 is 0 Å². The molecule has 1 heterocycles. The third-order valence-corrected chi connectivity index (χ3v) is 5.42. The average molecular weight is 451 g/mol. The topological polar surface area (TPSA) is 101 Å². The Morgan fingerprint density at radius 3 is 2.39 bits per heavy atom. The molecule has 4 rings (SSSR count). The highest BCUT2D eigenvalue weighted by Gasteiger charge is 2.19. The molecule has 0 unspecified atom stereocenters. The number of aromatic amines is 1. The molecule has 0 aliphatic rings. The summed E-state index contributed by atoms with van der Waals surface area (Å²) in [5, 5.41) is 11.4. The van der Waals surface area contributed by atoms with E-state index in [-0.39, 0.29) is 21.2 Å². The van der Waals surface area contributed by atoms with Gasteiger partial charge in [-0.1, -0.05) is 65.7 Å². The van der Waals surface area contributed by atoms with E-state index in [1.807, 2.05) is 48.6 Å². The summed E-state index contributed by atoms with van der Waals surface area (Å²) < 4.78 is 0. The van der Waals surface area contributed by atoms with Crippen LogP contribution in [-0.4, -0.2) is 22.0 Å². The highest BCUT2D eigenvalue weighted by atomic mass is 35.5. The maximum Gasteiger partial charge on any atom is 0.256 e. The molecular weight excluding hydrogens is 435 g/mol. The zero-order valence-electron chi connectivity index (χ0n) is 16.0. The van der Waals surface area contributed by atoms with Crippen molar-refractivity contribution in [2.45, 2.75) is 0 Å². The van der Waals surface area contributed by atoms with Crippen LogP contribution in [0.3, 0.4) is 0 Å². The molecule has 2 amide bonds. The number of hydrogen-bond donors (Lipinski definition) is 3. The molecule has 0 aliphatic carbocycles. The number of hydrogen-bond acceptors (Lipinski definition) is 3. The first kappa shape index (κ1) is 20.7. The molecule has 4 aromatic rings. The van der Waals surface area contributed by atoms with Crippen LogP contribution in [-0.2, 0) is 0 Å². The van der Waals surface area contributed by atoms with E-state index in [0.29, 0.717) is 5.69 Å². The minimum Gasteiger partial charge on any atom is -0.366 e. The van der Waals surface area contributed by atoms with Crippen LogP contribution in [0.4, 0.5) is 5.69 Å². The number of nitrogens with zero attached hydrogens (tertiary/aromatic N) is 1. The number of aromatic nitrogens is 2. The number of carbonyl (C=O) groups excluding carboxylic acids is 2. The lowest BCUT2D eigenvalue weighted by molar-refractivity contribution is 0.0977. The van der Waals surface area contributed by atoms with E-state index in [1.54, 1.807) is 12.1 Å². The van der Waals surface area contributed by atoms with E-state index in [0.717, 1.165) is 22.2 Å². The minimum absolute atomic E-state index is 0.0112. The second kappa shape index (κ2) is 8.63. The lowest BCUT2D eigenvalue weighted by Gasteiger charge is -2.11. The number of rotatable bonds is 5. The fraction of sp³-hybridized carbons (Fsp3) is 0. The van der Waals surface area contributed by atoms with Gasteiger partial charge in [0.05, 0.1) is 32.4 Å². The molecule has 0 atom stereocenters. The van der Waals surface area contributed by atoms with Crippen molar-refractivity contribution >= 4 is 63.8 Å². The minimum atomic E-state index is -0.776. The molecule has 0 saturated carbocycles. The van der Waals surface area contributed by atoms with Gasteiger partial charge in [-0.25, -0.2) is 0 Å². The van der Waals surface area contributed by atoms with Gasteiger partial charge in [0, 0.05) is 11.1 Å². The Morgan fingerprint density at radius 1 is 0.935 bits per heavy atom. The highest BCUT2D eigenvalue weighted by molar-refractivity contribution is 6.42. The summed E-state index contributed by atoms with van der Waals surface area (Å²) in [4.78, 5) is 24.7. The third-order valence-electron chi connectivity index (χ3n) is 4.70. The van der Waals surface area contributed by atoms with Gasteiger partial charge in [0.15, 0.2) is 0 Å². The van der Waals surface area contributed by atoms with Crippen molar-refractivity contribution in [1.29, 1.82) is 0 Å². The Morgan fingerprint density at radius 2 is 1.61 bits per heavy atom. The lowest BCUT2D eigenvalue weighted by atomic mass is 10.1. The van der Waals surface area contributed by atoms with Crippen molar-refractivity contribution in [3.8, 4) is 0 Å². The Bertz CT molecular complexity index is 1340. The molecule has 1 aromatic heterocycles. The van der Waals surface area contributed by atoms with E-state index < -0.39 is 11.8 Å². The highest BCUT2D eigenvalue weighted by Crippen LogP contribution is 2.27. The number of carbonyl (C=O) groups is 2. The molecule has 0 spiro atoms. The second-order valence-electron chi connectivity index (χ2n) is 6.71. The summed E-state index contributed by atoms with van der Waals surface area (Å²) in [5.41, 5.74) is 8.44. The SMILES string of the molecule is NC(=O)c1cc(Cl)c(Cl)cc1C(=O)Nc1ccccc1C=Cc1n[nH]c2ccccc12. The van der Waals surface area contributed by atoms with Crippen molar-refractivity contribution in [2.75, 3.05) is 5.32 Å². The summed E-state index contributed by atoms with van der Waals surface area (Å²) in [6.45, 7) is 0. The maximum absolute atomic E-state index is 12.9. The van der Waals surface area contributed by atoms with E-state index in [9.17, 15) is 9.59 Å². The molecule has 0 radical (unpaired) electrons. The van der Waals surface area contributed by atoms with E-state index in [1.165, 1.54) is 12.1 Å². The van der Waals surface area contributed by atoms with Crippen molar-refractivity contribution < 1.29 is 9.59 Å². The standard InChI is InChI=1S/C23H16Cl2N4O2/c24-17-11-15(22(26)30)16(12-18(17)25)23(31)27-19-7-3-1-5-13(19)9-10-21-14-6-2-4-8-20(14)28-29-21/h1-12H,(H2,26,30)(H,27,31)(H,28,29). The van der Waals surface area contributed by atoms with Gasteiger partial charge in [-0.3, -0.25) is 14.7 Å². The lowest BCUT2D eigenvalue weighted by Crippen LogP contribution is -2.20. The second-order valence-corrected chi connectivity index (χ2v) is 7.52. The van der Waals surface area contributed by atoms with Crippen molar-refractivity contribution in [3.05, 3.63) is 93.1 Å². The summed E-state index contributed by atoms with van der Waals surface area (Å²) >= 11 is 12.0. The van der Waals surface area contributed by atoms with Crippen molar-refractivity contribution in [2.24, 2.45) is 5.73 Å². The summed E-state index contributed by atoms with van der Waals surface area (Å²) in [6, 6.07) is 17.7. The number of benzene rings is 3. The van der Waals surface area contributed by atoms with Crippen molar-refractivity contribution in [3.63, 3.8) is 0 Å². The van der Waals surface area contributed by atoms with E-state index in [2.05, 4.69) is 15.5 Å². The molecule has 4 N–H and O–H groups in total. The molecule has 31 heavy (non-hydrogen) atoms. The van der Waals surface area contributed by atoms with Crippen LogP contribution in [0, 0.1) is 0 Å². The molecule has 3 aromatic carbocycles. The van der Waals surface area contributed by atoms with Crippen LogP contribution in [0.1, 0.15) is 32.0 Å². The van der Waals surface area contributed by atoms with Gasteiger partial charge in [-0.05, 0) is 35.9 Å². The fourth-order valence-corrected chi connectivity index (χ4v) is 3.49. The van der Waals surface area contributed by atoms with E-state index >= 15 is 0 Å². The zero-order chi connectivity index (χ0) is 22.0. The van der Waals surface area contributed by atoms with Crippen LogP contribution in [0.5, 0.6) is 0 Å². The van der Waals surface area contributed by atoms with Crippen LogP contribution in [0.15, 0.2) is 60.7 Å². The Kier molecular flexibility index (Phi) is 5.75. The van der Waals surface area contributed by atoms with Gasteiger partial charge in [-0.15, -0.1) is 0 Å². The van der Waals surface area contributed by atoms with Crippen LogP contribution >= 0.6 is 23.2 Å². The Hall–Kier alpha value is -3.61. The van der Waals surface area contributed by atoms with Gasteiger partial charge in [0.2, 0.25) is 5.91 Å². The zero-order valence-corrected chi connectivity index (χ0v) is 17.5. The predicted molar refractivity (Wildman–Crippen MR) is 124 cm³/mol. The number of H-pyrrole nitrogens is 1. The maximum atomic E-state index is 12.9. The largest absolute Gasteiger partial charge is 0.366 e. The van der Waals surface area contributed by atoms with Gasteiger partial charge < -0.3 is 11.1 Å². The fourth-order valence-electron chi connectivity index (χ4n) is 3.16. The third kappa shape index (κ3) is 4.30. The Balaban J connectivity index is 1.65. The van der Waals surface area contributed by atoms with Crippen molar-refractivity contribution in [1.82, 2.24) is 10.2 Å². The summed E-state index contributed by atoms with van der Waals surface area (Å²) in [6.07, 6.45) is 3.71. The van der Waals surface area contributed by atoms with Gasteiger partial charge in [-0.2, -0.15) is 5.10 Å². The van der Waals surface area contributed by atoms with Crippen LogP contribution < -0.4 is 11.1 Å². The number of primary amides is 1. The number of halogens is 2. The average Bonchev–Trinajstić information content (AvgIpc) is 3.17. The number of fused-ring (bicyclic) bond motifs is 1. The first-order chi connectivity index (χ1) is 14.9. The molecule has 0 bridgehead atoms. The quantitative estimate of drug-likeness (QED) is 0.379. The monoisotopic (exact) mass is 450 g/mol. The first-order valence-electron chi connectivity index (χ1n) is 9.24. The van der Waals surface area contributed by atoms with Crippen LogP contribution in [0.25, 0.3) is 23.1 Å². The number of amides is 2. The molecule has 6 nitrogen and oxygen atoms in total. The number of nitrogens with two attached hydrogens (primary N) is 1.